The van der Waals surface area contributed by atoms with E-state index in [0.29, 0.717) is 10.9 Å². The Labute approximate surface area is 83.5 Å². The predicted octanol–water partition coefficient (Wildman–Crippen LogP) is 0.875. The molecule has 1 heterocycles. The van der Waals surface area contributed by atoms with Gasteiger partial charge in [0.25, 0.3) is 5.88 Å². The second kappa shape index (κ2) is 4.51. The summed E-state index contributed by atoms with van der Waals surface area (Å²) < 4.78 is 2.23. The Bertz CT molecular complexity index is 254. The molecule has 0 unspecified atom stereocenters. The number of hydrogen-bond acceptors (Lipinski definition) is 1. The average Bonchev–Trinajstić information content (AvgIpc) is 2.04. The molecule has 0 aliphatic heterocycles. The Morgan fingerprint density at radius 1 is 1.23 bits per heavy atom. The first-order valence-corrected chi connectivity index (χ1v) is 6.51. The molecule has 1 aromatic rings. The van der Waals surface area contributed by atoms with E-state index in [4.69, 9.17) is 0 Å². The fraction of sp³-hybridized carbons (Fsp3) is 0.500. The lowest BCUT2D eigenvalue weighted by molar-refractivity contribution is -0.676. The van der Waals surface area contributed by atoms with Gasteiger partial charge in [0.15, 0.2) is 12.4 Å². The van der Waals surface area contributed by atoms with Gasteiger partial charge >= 0.3 is 0 Å². The first-order chi connectivity index (χ1) is 6.09. The molecule has 72 valence electrons. The van der Waals surface area contributed by atoms with E-state index in [-0.39, 0.29) is 0 Å². The van der Waals surface area contributed by atoms with Gasteiger partial charge in [0.2, 0.25) is 0 Å². The maximum absolute atomic E-state index is 2.26. The van der Waals surface area contributed by atoms with Crippen LogP contribution in [0.25, 0.3) is 0 Å². The standard InChI is InChI=1S/C10H18N2S/c1-11(2)10-5-7-12(8-6-10)9-13(3)4/h5-8H,9H2,1-4H3/q+2. The van der Waals surface area contributed by atoms with Crippen LogP contribution in [0, 0.1) is 0 Å². The van der Waals surface area contributed by atoms with E-state index in [1.54, 1.807) is 0 Å². The van der Waals surface area contributed by atoms with Crippen molar-refractivity contribution < 1.29 is 4.57 Å². The van der Waals surface area contributed by atoms with Crippen molar-refractivity contribution >= 4 is 16.6 Å². The van der Waals surface area contributed by atoms with Gasteiger partial charge in [-0.2, -0.15) is 4.57 Å². The van der Waals surface area contributed by atoms with Crippen LogP contribution in [0.5, 0.6) is 0 Å². The minimum absolute atomic E-state index is 0.466. The minimum Gasteiger partial charge on any atom is -0.377 e. The van der Waals surface area contributed by atoms with Gasteiger partial charge in [-0.1, -0.05) is 0 Å². The van der Waals surface area contributed by atoms with E-state index in [1.807, 2.05) is 0 Å². The molecule has 0 N–H and O–H groups in total. The third kappa shape index (κ3) is 3.27. The Kier molecular flexibility index (Phi) is 3.60. The van der Waals surface area contributed by atoms with Crippen molar-refractivity contribution in [1.29, 1.82) is 0 Å². The zero-order chi connectivity index (χ0) is 9.84. The Hall–Kier alpha value is -0.700. The van der Waals surface area contributed by atoms with Gasteiger partial charge in [0, 0.05) is 42.8 Å². The van der Waals surface area contributed by atoms with Crippen LogP contribution in [0.1, 0.15) is 0 Å². The first kappa shape index (κ1) is 10.4. The summed E-state index contributed by atoms with van der Waals surface area (Å²) in [6, 6.07) is 4.29. The summed E-state index contributed by atoms with van der Waals surface area (Å²) in [7, 11) is 4.58. The van der Waals surface area contributed by atoms with Crippen molar-refractivity contribution in [2.24, 2.45) is 0 Å². The largest absolute Gasteiger partial charge is 0.377 e. The molecule has 0 amide bonds. The monoisotopic (exact) mass is 198 g/mol. The molecule has 0 bridgehead atoms. The molecular weight excluding hydrogens is 180 g/mol. The van der Waals surface area contributed by atoms with Gasteiger partial charge in [-0.25, -0.2) is 0 Å². The summed E-state index contributed by atoms with van der Waals surface area (Å²) >= 11 is 0. The van der Waals surface area contributed by atoms with Gasteiger partial charge in [-0.3, -0.25) is 0 Å². The molecule has 0 atom stereocenters. The smallest absolute Gasteiger partial charge is 0.298 e. The van der Waals surface area contributed by atoms with E-state index in [0.717, 1.165) is 5.88 Å². The molecule has 0 spiro atoms. The number of aromatic nitrogens is 1. The highest BCUT2D eigenvalue weighted by atomic mass is 32.2. The molecule has 0 saturated heterocycles. The van der Waals surface area contributed by atoms with Crippen molar-refractivity contribution in [1.82, 2.24) is 0 Å². The second-order valence-corrected chi connectivity index (χ2v) is 5.81. The zero-order valence-corrected chi connectivity index (χ0v) is 9.64. The molecule has 0 radical (unpaired) electrons. The topological polar surface area (TPSA) is 7.12 Å². The van der Waals surface area contributed by atoms with E-state index in [2.05, 4.69) is 60.6 Å². The first-order valence-electron chi connectivity index (χ1n) is 4.30. The molecule has 0 fully saturated rings. The number of rotatable bonds is 3. The van der Waals surface area contributed by atoms with Gasteiger partial charge in [0.1, 0.15) is 12.5 Å². The lowest BCUT2D eigenvalue weighted by atomic mass is 10.4. The lowest BCUT2D eigenvalue weighted by Crippen LogP contribution is -2.36. The third-order valence-corrected chi connectivity index (χ3v) is 2.61. The highest BCUT2D eigenvalue weighted by Crippen LogP contribution is 2.05. The van der Waals surface area contributed by atoms with Crippen LogP contribution in [-0.4, -0.2) is 26.6 Å². The Morgan fingerprint density at radius 3 is 2.15 bits per heavy atom. The fourth-order valence-electron chi connectivity index (χ4n) is 1.13. The quantitative estimate of drug-likeness (QED) is 0.516. The summed E-state index contributed by atoms with van der Waals surface area (Å²) in [6.07, 6.45) is 8.80. The average molecular weight is 198 g/mol. The van der Waals surface area contributed by atoms with Crippen molar-refractivity contribution in [2.75, 3.05) is 31.5 Å². The third-order valence-electron chi connectivity index (χ3n) is 1.80. The van der Waals surface area contributed by atoms with Crippen LogP contribution >= 0.6 is 0 Å². The molecule has 0 aliphatic carbocycles. The second-order valence-electron chi connectivity index (χ2n) is 3.58. The van der Waals surface area contributed by atoms with Crippen molar-refractivity contribution in [3.05, 3.63) is 24.5 Å². The molecule has 3 heteroatoms. The van der Waals surface area contributed by atoms with Crippen LogP contribution in [0.4, 0.5) is 5.69 Å². The van der Waals surface area contributed by atoms with E-state index < -0.39 is 0 Å². The zero-order valence-electron chi connectivity index (χ0n) is 8.82. The molecule has 1 aromatic heterocycles. The summed E-state index contributed by atoms with van der Waals surface area (Å²) in [4.78, 5) is 2.11. The Morgan fingerprint density at radius 2 is 1.77 bits per heavy atom. The highest BCUT2D eigenvalue weighted by molar-refractivity contribution is 7.94. The maximum atomic E-state index is 2.26. The SMILES string of the molecule is CN(C)c1cc[n+](C[S+](C)C)cc1. The lowest BCUT2D eigenvalue weighted by Gasteiger charge is -2.09. The summed E-state index contributed by atoms with van der Waals surface area (Å²) in [5.41, 5.74) is 1.25. The summed E-state index contributed by atoms with van der Waals surface area (Å²) in [6.45, 7) is 0. The summed E-state index contributed by atoms with van der Waals surface area (Å²) in [5.74, 6) is 1.12. The van der Waals surface area contributed by atoms with Crippen molar-refractivity contribution in [3.8, 4) is 0 Å². The van der Waals surface area contributed by atoms with Gasteiger partial charge < -0.3 is 4.90 Å². The van der Waals surface area contributed by atoms with Gasteiger partial charge in [-0.05, 0) is 0 Å². The molecule has 0 aliphatic rings. The predicted molar refractivity (Wildman–Crippen MR) is 60.2 cm³/mol. The maximum Gasteiger partial charge on any atom is 0.298 e. The van der Waals surface area contributed by atoms with E-state index >= 15 is 0 Å². The van der Waals surface area contributed by atoms with Crippen LogP contribution in [0.2, 0.25) is 0 Å². The van der Waals surface area contributed by atoms with E-state index in [9.17, 15) is 0 Å². The minimum atomic E-state index is 0.466. The highest BCUT2D eigenvalue weighted by Gasteiger charge is 2.09. The van der Waals surface area contributed by atoms with Gasteiger partial charge in [0.05, 0.1) is 0 Å². The molecule has 13 heavy (non-hydrogen) atoms. The number of pyridine rings is 1. The van der Waals surface area contributed by atoms with Crippen LogP contribution < -0.4 is 9.47 Å². The molecular formula is C10H18N2S+2. The van der Waals surface area contributed by atoms with Crippen molar-refractivity contribution in [2.45, 2.75) is 5.88 Å². The van der Waals surface area contributed by atoms with E-state index in [1.165, 1.54) is 5.69 Å². The number of anilines is 1. The molecule has 1 rings (SSSR count). The fourth-order valence-corrected chi connectivity index (χ4v) is 1.90. The van der Waals surface area contributed by atoms with Gasteiger partial charge in [-0.15, -0.1) is 0 Å². The number of nitrogens with zero attached hydrogens (tertiary/aromatic N) is 2. The number of hydrogen-bond donors (Lipinski definition) is 0. The van der Waals surface area contributed by atoms with Crippen LogP contribution in [0.3, 0.4) is 0 Å². The van der Waals surface area contributed by atoms with Crippen LogP contribution in [0.15, 0.2) is 24.5 Å². The van der Waals surface area contributed by atoms with Crippen LogP contribution in [-0.2, 0) is 16.8 Å². The molecule has 2 nitrogen and oxygen atoms in total. The van der Waals surface area contributed by atoms with Crippen molar-refractivity contribution in [3.63, 3.8) is 0 Å². The normalized spacial score (nSPS) is 10.5. The molecule has 0 aromatic carbocycles. The Balaban J connectivity index is 2.70. The molecule has 0 saturated carbocycles. The summed E-state index contributed by atoms with van der Waals surface area (Å²) in [5, 5.41) is 0.